The summed E-state index contributed by atoms with van der Waals surface area (Å²) >= 11 is 0. The molecule has 1 fully saturated rings. The zero-order chi connectivity index (χ0) is 23.5. The Morgan fingerprint density at radius 2 is 1.88 bits per heavy atom. The Kier molecular flexibility index (Phi) is 6.51. The van der Waals surface area contributed by atoms with Gasteiger partial charge in [0.15, 0.2) is 11.5 Å². The van der Waals surface area contributed by atoms with Crippen LogP contribution in [0.3, 0.4) is 0 Å². The van der Waals surface area contributed by atoms with Crippen molar-refractivity contribution >= 4 is 21.8 Å². The Hall–Kier alpha value is -3.36. The second-order valence-electron chi connectivity index (χ2n) is 8.54. The van der Waals surface area contributed by atoms with Gasteiger partial charge in [0.2, 0.25) is 5.88 Å². The largest absolute Gasteiger partial charge is 0.493 e. The first-order valence-electron chi connectivity index (χ1n) is 11.6. The molecule has 4 aromatic rings. The number of nitrogens with zero attached hydrogens (tertiary/aromatic N) is 3. The molecule has 0 radical (unpaired) electrons. The number of H-pyrrole nitrogens is 1. The summed E-state index contributed by atoms with van der Waals surface area (Å²) in [5.41, 5.74) is 4.20. The van der Waals surface area contributed by atoms with Crippen LogP contribution in [0.4, 0.5) is 0 Å². The fraction of sp³-hybridized carbons (Fsp3) is 0.385. The second kappa shape index (κ2) is 9.87. The molecule has 8 nitrogen and oxygen atoms in total. The van der Waals surface area contributed by atoms with Gasteiger partial charge in [0.25, 0.3) is 0 Å². The maximum Gasteiger partial charge on any atom is 0.230 e. The number of hydrogen-bond acceptors (Lipinski definition) is 7. The maximum absolute atomic E-state index is 6.19. The van der Waals surface area contributed by atoms with Gasteiger partial charge in [-0.1, -0.05) is 0 Å². The smallest absolute Gasteiger partial charge is 0.230 e. The molecule has 0 bridgehead atoms. The first-order valence-corrected chi connectivity index (χ1v) is 11.6. The van der Waals surface area contributed by atoms with Crippen LogP contribution in [0.1, 0.15) is 17.7 Å². The first kappa shape index (κ1) is 22.4. The second-order valence-corrected chi connectivity index (χ2v) is 8.54. The summed E-state index contributed by atoms with van der Waals surface area (Å²) in [6.07, 6.45) is 2.44. The number of nitrogens with one attached hydrogen (secondary N) is 1. The molecule has 1 N–H and O–H groups in total. The van der Waals surface area contributed by atoms with Crippen molar-refractivity contribution in [1.29, 1.82) is 0 Å². The van der Waals surface area contributed by atoms with Gasteiger partial charge in [-0.3, -0.25) is 4.90 Å². The number of hydrogen-bond donors (Lipinski definition) is 1. The normalized spacial score (nSPS) is 14.6. The highest BCUT2D eigenvalue weighted by molar-refractivity contribution is 5.88. The standard InChI is InChI=1S/C26H30N4O4/c1-17-18(2)29-22-6-5-19(13-20(17)22)34-26-21-14-24(31-3)25(15-23(21)27-16-28-26)33-10-4-7-30-8-11-32-12-9-30/h5-6,13-16,29H,4,7-12H2,1-3H3. The van der Waals surface area contributed by atoms with E-state index >= 15 is 0 Å². The van der Waals surface area contributed by atoms with Crippen LogP contribution in [0.2, 0.25) is 0 Å². The van der Waals surface area contributed by atoms with Crippen molar-refractivity contribution in [3.05, 3.63) is 47.9 Å². The predicted octanol–water partition coefficient (Wildman–Crippen LogP) is 4.63. The number of morpholine rings is 1. The van der Waals surface area contributed by atoms with Gasteiger partial charge < -0.3 is 23.9 Å². The summed E-state index contributed by atoms with van der Waals surface area (Å²) < 4.78 is 23.3. The molecule has 178 valence electrons. The minimum Gasteiger partial charge on any atom is -0.493 e. The van der Waals surface area contributed by atoms with E-state index in [4.69, 9.17) is 18.9 Å². The summed E-state index contributed by atoms with van der Waals surface area (Å²) in [4.78, 5) is 14.6. The molecule has 2 aromatic carbocycles. The minimum atomic E-state index is 0.478. The van der Waals surface area contributed by atoms with E-state index in [1.54, 1.807) is 7.11 Å². The van der Waals surface area contributed by atoms with E-state index in [9.17, 15) is 0 Å². The summed E-state index contributed by atoms with van der Waals surface area (Å²) in [6, 6.07) is 9.77. The van der Waals surface area contributed by atoms with Gasteiger partial charge in [-0.05, 0) is 50.1 Å². The summed E-state index contributed by atoms with van der Waals surface area (Å²) in [6.45, 7) is 9.34. The fourth-order valence-electron chi connectivity index (χ4n) is 4.30. The minimum absolute atomic E-state index is 0.478. The Balaban J connectivity index is 1.34. The number of aromatic nitrogens is 3. The van der Waals surface area contributed by atoms with Crippen LogP contribution < -0.4 is 14.2 Å². The molecule has 0 atom stereocenters. The van der Waals surface area contributed by atoms with Gasteiger partial charge in [0, 0.05) is 42.3 Å². The Bertz CT molecular complexity index is 1300. The van der Waals surface area contributed by atoms with E-state index in [1.807, 2.05) is 30.3 Å². The SMILES string of the molecule is COc1cc2c(Oc3ccc4[nH]c(C)c(C)c4c3)ncnc2cc1OCCCN1CCOCC1. The van der Waals surface area contributed by atoms with Gasteiger partial charge in [-0.2, -0.15) is 0 Å². The lowest BCUT2D eigenvalue weighted by atomic mass is 10.1. The molecule has 34 heavy (non-hydrogen) atoms. The molecule has 0 saturated carbocycles. The molecule has 1 saturated heterocycles. The van der Waals surface area contributed by atoms with Gasteiger partial charge >= 0.3 is 0 Å². The zero-order valence-corrected chi connectivity index (χ0v) is 19.9. The maximum atomic E-state index is 6.19. The molecule has 0 spiro atoms. The summed E-state index contributed by atoms with van der Waals surface area (Å²) in [5, 5.41) is 1.90. The third kappa shape index (κ3) is 4.64. The number of aryl methyl sites for hydroxylation is 2. The fourth-order valence-corrected chi connectivity index (χ4v) is 4.30. The lowest BCUT2D eigenvalue weighted by molar-refractivity contribution is 0.0357. The van der Waals surface area contributed by atoms with E-state index in [0.717, 1.165) is 72.5 Å². The number of ether oxygens (including phenoxy) is 4. The number of benzene rings is 2. The lowest BCUT2D eigenvalue weighted by Crippen LogP contribution is -2.37. The molecule has 1 aliphatic heterocycles. The van der Waals surface area contributed by atoms with Gasteiger partial charge in [0.05, 0.1) is 37.8 Å². The number of aromatic amines is 1. The van der Waals surface area contributed by atoms with E-state index in [-0.39, 0.29) is 0 Å². The van der Waals surface area contributed by atoms with Gasteiger partial charge in [-0.15, -0.1) is 0 Å². The van der Waals surface area contributed by atoms with Crippen LogP contribution in [0.5, 0.6) is 23.1 Å². The number of fused-ring (bicyclic) bond motifs is 2. The van der Waals surface area contributed by atoms with Crippen molar-refractivity contribution in [1.82, 2.24) is 19.9 Å². The number of rotatable bonds is 8. The summed E-state index contributed by atoms with van der Waals surface area (Å²) in [5.74, 6) is 2.50. The Labute approximate surface area is 198 Å². The van der Waals surface area contributed by atoms with Crippen molar-refractivity contribution in [2.45, 2.75) is 20.3 Å². The van der Waals surface area contributed by atoms with Crippen LogP contribution in [-0.2, 0) is 4.74 Å². The van der Waals surface area contributed by atoms with Crippen LogP contribution in [-0.4, -0.2) is 66.4 Å². The van der Waals surface area contributed by atoms with E-state index in [1.165, 1.54) is 11.9 Å². The van der Waals surface area contributed by atoms with Crippen molar-refractivity contribution in [3.8, 4) is 23.1 Å². The highest BCUT2D eigenvalue weighted by Gasteiger charge is 2.15. The molecule has 0 amide bonds. The molecule has 5 rings (SSSR count). The first-order chi connectivity index (χ1) is 16.6. The molecular formula is C26H30N4O4. The van der Waals surface area contributed by atoms with Crippen molar-refractivity contribution in [2.24, 2.45) is 0 Å². The topological polar surface area (TPSA) is 81.7 Å². The van der Waals surface area contributed by atoms with Crippen molar-refractivity contribution in [3.63, 3.8) is 0 Å². The van der Waals surface area contributed by atoms with E-state index < -0.39 is 0 Å². The van der Waals surface area contributed by atoms with Crippen molar-refractivity contribution < 1.29 is 18.9 Å². The average Bonchev–Trinajstić information content (AvgIpc) is 3.15. The highest BCUT2D eigenvalue weighted by Crippen LogP contribution is 2.36. The average molecular weight is 463 g/mol. The number of methoxy groups -OCH3 is 1. The monoisotopic (exact) mass is 462 g/mol. The predicted molar refractivity (Wildman–Crippen MR) is 131 cm³/mol. The third-order valence-electron chi connectivity index (χ3n) is 6.36. The van der Waals surface area contributed by atoms with Crippen molar-refractivity contribution in [2.75, 3.05) is 46.6 Å². The molecular weight excluding hydrogens is 432 g/mol. The Morgan fingerprint density at radius 3 is 2.71 bits per heavy atom. The van der Waals surface area contributed by atoms with Crippen LogP contribution in [0, 0.1) is 13.8 Å². The van der Waals surface area contributed by atoms with Gasteiger partial charge in [-0.25, -0.2) is 9.97 Å². The molecule has 0 unspecified atom stereocenters. The molecule has 8 heteroatoms. The molecule has 0 aliphatic carbocycles. The van der Waals surface area contributed by atoms with Gasteiger partial charge in [0.1, 0.15) is 12.1 Å². The molecule has 3 heterocycles. The van der Waals surface area contributed by atoms with E-state index in [0.29, 0.717) is 24.0 Å². The highest BCUT2D eigenvalue weighted by atomic mass is 16.5. The zero-order valence-electron chi connectivity index (χ0n) is 19.9. The van der Waals surface area contributed by atoms with Crippen LogP contribution in [0.15, 0.2) is 36.7 Å². The quantitative estimate of drug-likeness (QED) is 0.382. The van der Waals surface area contributed by atoms with Crippen LogP contribution >= 0.6 is 0 Å². The third-order valence-corrected chi connectivity index (χ3v) is 6.36. The Morgan fingerprint density at radius 1 is 1.03 bits per heavy atom. The lowest BCUT2D eigenvalue weighted by Gasteiger charge is -2.26. The van der Waals surface area contributed by atoms with Crippen LogP contribution in [0.25, 0.3) is 21.8 Å². The molecule has 2 aromatic heterocycles. The van der Waals surface area contributed by atoms with E-state index in [2.05, 4.69) is 33.7 Å². The molecule has 1 aliphatic rings. The summed E-state index contributed by atoms with van der Waals surface area (Å²) in [7, 11) is 1.64.